The molecular weight excluding hydrogens is 438 g/mol. The fourth-order valence-electron chi connectivity index (χ4n) is 2.80. The lowest BCUT2D eigenvalue weighted by atomic mass is 10.1. The lowest BCUT2D eigenvalue weighted by molar-refractivity contribution is -0.115. The van der Waals surface area contributed by atoms with E-state index in [2.05, 4.69) is 10.3 Å². The van der Waals surface area contributed by atoms with E-state index in [4.69, 9.17) is 9.88 Å². The fourth-order valence-corrected chi connectivity index (χ4v) is 4.38. The standard InChI is InChI=1S/C21H21N3O5S2/c1-13-5-3-4-6-17(13)24-19(25)10-20-23-16(12-30-20)11-29-21(26)15-8-7-14(2)18(9-15)31(22,27)28/h3-9,12H,10-11H2,1-2H3,(H,24,25)(H2,22,27,28). The van der Waals surface area contributed by atoms with Crippen LogP contribution in [0.25, 0.3) is 0 Å². The predicted octanol–water partition coefficient (Wildman–Crippen LogP) is 2.95. The summed E-state index contributed by atoms with van der Waals surface area (Å²) in [6.45, 7) is 3.39. The van der Waals surface area contributed by atoms with Gasteiger partial charge in [-0.05, 0) is 43.2 Å². The Labute approximate surface area is 184 Å². The first-order valence-corrected chi connectivity index (χ1v) is 11.7. The molecule has 1 heterocycles. The lowest BCUT2D eigenvalue weighted by Gasteiger charge is -2.07. The third kappa shape index (κ3) is 5.97. The second-order valence-corrected chi connectivity index (χ2v) is 9.35. The molecule has 0 aliphatic carbocycles. The Kier molecular flexibility index (Phi) is 6.84. The number of aryl methyl sites for hydroxylation is 2. The van der Waals surface area contributed by atoms with Gasteiger partial charge in [-0.2, -0.15) is 0 Å². The molecule has 0 bridgehead atoms. The summed E-state index contributed by atoms with van der Waals surface area (Å²) in [5.74, 6) is -0.890. The number of nitrogens with zero attached hydrogens (tertiary/aromatic N) is 1. The molecule has 1 aromatic heterocycles. The highest BCUT2D eigenvalue weighted by molar-refractivity contribution is 7.89. The quantitative estimate of drug-likeness (QED) is 0.523. The first-order chi connectivity index (χ1) is 14.6. The molecule has 0 unspecified atom stereocenters. The SMILES string of the molecule is Cc1ccccc1NC(=O)Cc1nc(COC(=O)c2ccc(C)c(S(N)(=O)=O)c2)cs1. The Morgan fingerprint density at radius 3 is 2.58 bits per heavy atom. The molecule has 2 aromatic carbocycles. The van der Waals surface area contributed by atoms with Gasteiger partial charge in [0.1, 0.15) is 11.6 Å². The smallest absolute Gasteiger partial charge is 0.338 e. The van der Waals surface area contributed by atoms with E-state index in [0.29, 0.717) is 16.3 Å². The van der Waals surface area contributed by atoms with Crippen LogP contribution in [0.2, 0.25) is 0 Å². The van der Waals surface area contributed by atoms with Gasteiger partial charge in [-0.1, -0.05) is 24.3 Å². The molecule has 31 heavy (non-hydrogen) atoms. The van der Waals surface area contributed by atoms with E-state index in [-0.39, 0.29) is 29.4 Å². The zero-order valence-corrected chi connectivity index (χ0v) is 18.5. The van der Waals surface area contributed by atoms with Crippen molar-refractivity contribution in [3.63, 3.8) is 0 Å². The van der Waals surface area contributed by atoms with E-state index in [1.165, 1.54) is 29.5 Å². The molecule has 0 saturated heterocycles. The molecule has 0 saturated carbocycles. The number of carbonyl (C=O) groups excluding carboxylic acids is 2. The number of hydrogen-bond acceptors (Lipinski definition) is 7. The molecular formula is C21H21N3O5S2. The molecule has 0 spiro atoms. The number of anilines is 1. The molecule has 162 valence electrons. The summed E-state index contributed by atoms with van der Waals surface area (Å²) in [5, 5.41) is 10.3. The number of nitrogens with two attached hydrogens (primary N) is 1. The van der Waals surface area contributed by atoms with Gasteiger partial charge < -0.3 is 10.1 Å². The third-order valence-electron chi connectivity index (χ3n) is 4.41. The van der Waals surface area contributed by atoms with E-state index >= 15 is 0 Å². The van der Waals surface area contributed by atoms with Crippen molar-refractivity contribution in [2.75, 3.05) is 5.32 Å². The first-order valence-electron chi connectivity index (χ1n) is 9.23. The van der Waals surface area contributed by atoms with Crippen LogP contribution >= 0.6 is 11.3 Å². The molecule has 0 fully saturated rings. The van der Waals surface area contributed by atoms with Gasteiger partial charge >= 0.3 is 5.97 Å². The predicted molar refractivity (Wildman–Crippen MR) is 117 cm³/mol. The Hall–Kier alpha value is -3.08. The highest BCUT2D eigenvalue weighted by Gasteiger charge is 2.17. The molecule has 0 radical (unpaired) electrons. The number of nitrogens with one attached hydrogen (secondary N) is 1. The third-order valence-corrected chi connectivity index (χ3v) is 6.36. The second kappa shape index (κ2) is 9.38. The summed E-state index contributed by atoms with van der Waals surface area (Å²) in [4.78, 5) is 28.7. The number of carbonyl (C=O) groups is 2. The number of para-hydroxylation sites is 1. The monoisotopic (exact) mass is 459 g/mol. The highest BCUT2D eigenvalue weighted by atomic mass is 32.2. The number of hydrogen-bond donors (Lipinski definition) is 2. The van der Waals surface area contributed by atoms with Crippen molar-refractivity contribution in [3.8, 4) is 0 Å². The van der Waals surface area contributed by atoms with E-state index in [9.17, 15) is 18.0 Å². The van der Waals surface area contributed by atoms with Crippen LogP contribution in [-0.4, -0.2) is 25.3 Å². The molecule has 3 N–H and O–H groups in total. The largest absolute Gasteiger partial charge is 0.456 e. The zero-order chi connectivity index (χ0) is 22.6. The number of benzene rings is 2. The fraction of sp³-hybridized carbons (Fsp3) is 0.190. The van der Waals surface area contributed by atoms with Crippen molar-refractivity contribution in [1.29, 1.82) is 0 Å². The summed E-state index contributed by atoms with van der Waals surface area (Å²) in [7, 11) is -3.95. The molecule has 1 amide bonds. The maximum atomic E-state index is 12.3. The lowest BCUT2D eigenvalue weighted by Crippen LogP contribution is -2.15. The van der Waals surface area contributed by atoms with E-state index < -0.39 is 16.0 Å². The minimum absolute atomic E-state index is 0.0719. The van der Waals surface area contributed by atoms with Gasteiger partial charge in [0, 0.05) is 11.1 Å². The molecule has 0 aliphatic rings. The van der Waals surface area contributed by atoms with Gasteiger partial charge in [0.05, 0.1) is 22.6 Å². The number of primary sulfonamides is 1. The number of esters is 1. The van der Waals surface area contributed by atoms with E-state index in [0.717, 1.165) is 11.3 Å². The molecule has 0 aliphatic heterocycles. The second-order valence-electron chi connectivity index (χ2n) is 6.87. The maximum absolute atomic E-state index is 12.3. The first kappa shape index (κ1) is 22.6. The number of aromatic nitrogens is 1. The van der Waals surface area contributed by atoms with Gasteiger partial charge in [0.25, 0.3) is 0 Å². The van der Waals surface area contributed by atoms with Crippen molar-refractivity contribution >= 4 is 38.9 Å². The van der Waals surface area contributed by atoms with Crippen molar-refractivity contribution in [1.82, 2.24) is 4.98 Å². The molecule has 0 atom stereocenters. The van der Waals surface area contributed by atoms with Crippen molar-refractivity contribution in [2.45, 2.75) is 31.8 Å². The van der Waals surface area contributed by atoms with Crippen molar-refractivity contribution < 1.29 is 22.7 Å². The highest BCUT2D eigenvalue weighted by Crippen LogP contribution is 2.18. The van der Waals surface area contributed by atoms with Crippen LogP contribution < -0.4 is 10.5 Å². The van der Waals surface area contributed by atoms with E-state index in [1.807, 2.05) is 31.2 Å². The van der Waals surface area contributed by atoms with Crippen LogP contribution in [0.15, 0.2) is 52.7 Å². The van der Waals surface area contributed by atoms with Gasteiger partial charge in [-0.25, -0.2) is 23.3 Å². The van der Waals surface area contributed by atoms with Crippen LogP contribution in [0.4, 0.5) is 5.69 Å². The minimum Gasteiger partial charge on any atom is -0.456 e. The summed E-state index contributed by atoms with van der Waals surface area (Å²) >= 11 is 1.29. The number of thiazole rings is 1. The van der Waals surface area contributed by atoms with Crippen LogP contribution in [0.5, 0.6) is 0 Å². The zero-order valence-electron chi connectivity index (χ0n) is 16.9. The number of ether oxygens (including phenoxy) is 1. The van der Waals surface area contributed by atoms with E-state index in [1.54, 1.807) is 12.3 Å². The van der Waals surface area contributed by atoms with Crippen LogP contribution in [0.3, 0.4) is 0 Å². The Bertz CT molecular complexity index is 1240. The summed E-state index contributed by atoms with van der Waals surface area (Å²) in [5.41, 5.74) is 2.71. The van der Waals surface area contributed by atoms with Gasteiger partial charge in [-0.15, -0.1) is 11.3 Å². The number of amides is 1. The molecule has 10 heteroatoms. The molecule has 8 nitrogen and oxygen atoms in total. The maximum Gasteiger partial charge on any atom is 0.338 e. The Morgan fingerprint density at radius 1 is 1.13 bits per heavy atom. The van der Waals surface area contributed by atoms with Gasteiger partial charge in [-0.3, -0.25) is 4.79 Å². The van der Waals surface area contributed by atoms with Gasteiger partial charge in [0.15, 0.2) is 0 Å². The Balaban J connectivity index is 1.58. The Morgan fingerprint density at radius 2 is 1.87 bits per heavy atom. The number of rotatable bonds is 7. The average molecular weight is 460 g/mol. The van der Waals surface area contributed by atoms with Crippen LogP contribution in [0, 0.1) is 13.8 Å². The van der Waals surface area contributed by atoms with Crippen LogP contribution in [0.1, 0.15) is 32.2 Å². The molecule has 3 rings (SSSR count). The van der Waals surface area contributed by atoms with Gasteiger partial charge in [0.2, 0.25) is 15.9 Å². The summed E-state index contributed by atoms with van der Waals surface area (Å²) in [6.07, 6.45) is 0.0998. The average Bonchev–Trinajstić information content (AvgIpc) is 3.14. The normalized spacial score (nSPS) is 11.2. The summed E-state index contributed by atoms with van der Waals surface area (Å²) < 4.78 is 28.5. The number of sulfonamides is 1. The van der Waals surface area contributed by atoms with Crippen molar-refractivity contribution in [3.05, 3.63) is 75.2 Å². The van der Waals surface area contributed by atoms with Crippen molar-refractivity contribution in [2.24, 2.45) is 5.14 Å². The van der Waals surface area contributed by atoms with Crippen LogP contribution in [-0.2, 0) is 32.6 Å². The summed E-state index contributed by atoms with van der Waals surface area (Å²) in [6, 6.07) is 11.6. The minimum atomic E-state index is -3.95. The topological polar surface area (TPSA) is 128 Å². The molecule has 3 aromatic rings.